The van der Waals surface area contributed by atoms with Crippen LogP contribution in [0, 0.1) is 11.3 Å². The lowest BCUT2D eigenvalue weighted by Gasteiger charge is -2.31. The second-order valence-electron chi connectivity index (χ2n) is 6.65. The van der Waals surface area contributed by atoms with Gasteiger partial charge in [0.1, 0.15) is 5.75 Å². The van der Waals surface area contributed by atoms with E-state index in [0.717, 1.165) is 10.9 Å². The standard InChI is InChI=1S/C17H24BrNO2/c1-12(2)10-17(7-3-4-8-17)11-19-16(21)14-6-5-13(18)9-15(14)20/h5-6,9,12,20H,3-4,7-8,10-11H2,1-2H3,(H,19,21). The van der Waals surface area contributed by atoms with Crippen LogP contribution in [-0.2, 0) is 0 Å². The van der Waals surface area contributed by atoms with E-state index in [4.69, 9.17) is 0 Å². The van der Waals surface area contributed by atoms with Gasteiger partial charge in [0.2, 0.25) is 0 Å². The molecule has 1 aromatic carbocycles. The van der Waals surface area contributed by atoms with Crippen molar-refractivity contribution in [1.82, 2.24) is 5.32 Å². The van der Waals surface area contributed by atoms with Crippen molar-refractivity contribution in [3.8, 4) is 5.75 Å². The third kappa shape index (κ3) is 4.22. The first kappa shape index (κ1) is 16.3. The van der Waals surface area contributed by atoms with Gasteiger partial charge in [0.05, 0.1) is 5.56 Å². The van der Waals surface area contributed by atoms with E-state index in [2.05, 4.69) is 35.1 Å². The normalized spacial score (nSPS) is 17.1. The highest BCUT2D eigenvalue weighted by atomic mass is 79.9. The van der Waals surface area contributed by atoms with Crippen LogP contribution in [0.4, 0.5) is 0 Å². The third-order valence-corrected chi connectivity index (χ3v) is 4.83. The Balaban J connectivity index is 2.02. The monoisotopic (exact) mass is 353 g/mol. The van der Waals surface area contributed by atoms with Gasteiger partial charge < -0.3 is 10.4 Å². The Morgan fingerprint density at radius 2 is 2.05 bits per heavy atom. The lowest BCUT2D eigenvalue weighted by Crippen LogP contribution is -2.36. The minimum Gasteiger partial charge on any atom is -0.507 e. The summed E-state index contributed by atoms with van der Waals surface area (Å²) >= 11 is 3.28. The van der Waals surface area contributed by atoms with Crippen LogP contribution in [0.1, 0.15) is 56.3 Å². The molecule has 0 saturated heterocycles. The first-order valence-corrected chi connectivity index (χ1v) is 8.48. The highest BCUT2D eigenvalue weighted by Gasteiger charge is 2.34. The van der Waals surface area contributed by atoms with E-state index >= 15 is 0 Å². The fourth-order valence-electron chi connectivity index (χ4n) is 3.50. The van der Waals surface area contributed by atoms with Gasteiger partial charge in [-0.25, -0.2) is 0 Å². The van der Waals surface area contributed by atoms with Gasteiger partial charge >= 0.3 is 0 Å². The fraction of sp³-hybridized carbons (Fsp3) is 0.588. The van der Waals surface area contributed by atoms with Crippen molar-refractivity contribution in [2.75, 3.05) is 6.54 Å². The Morgan fingerprint density at radius 1 is 1.38 bits per heavy atom. The van der Waals surface area contributed by atoms with Crippen LogP contribution in [-0.4, -0.2) is 17.6 Å². The number of halogens is 1. The molecule has 2 N–H and O–H groups in total. The number of aromatic hydroxyl groups is 1. The Labute approximate surface area is 135 Å². The van der Waals surface area contributed by atoms with Gasteiger partial charge in [0.15, 0.2) is 0 Å². The molecular formula is C17H24BrNO2. The second kappa shape index (κ2) is 6.82. The zero-order valence-corrected chi connectivity index (χ0v) is 14.4. The largest absolute Gasteiger partial charge is 0.507 e. The summed E-state index contributed by atoms with van der Waals surface area (Å²) in [6.45, 7) is 5.18. The van der Waals surface area contributed by atoms with Gasteiger partial charge in [-0.1, -0.05) is 42.6 Å². The Morgan fingerprint density at radius 3 is 2.62 bits per heavy atom. The number of hydrogen-bond donors (Lipinski definition) is 2. The topological polar surface area (TPSA) is 49.3 Å². The summed E-state index contributed by atoms with van der Waals surface area (Å²) in [7, 11) is 0. The van der Waals surface area contributed by atoms with Gasteiger partial charge in [0.25, 0.3) is 5.91 Å². The van der Waals surface area contributed by atoms with Crippen LogP contribution >= 0.6 is 15.9 Å². The van der Waals surface area contributed by atoms with E-state index in [0.29, 0.717) is 18.0 Å². The molecule has 1 amide bonds. The summed E-state index contributed by atoms with van der Waals surface area (Å²) in [6.07, 6.45) is 6.05. The Bertz CT molecular complexity index is 508. The maximum Gasteiger partial charge on any atom is 0.255 e. The van der Waals surface area contributed by atoms with Crippen molar-refractivity contribution >= 4 is 21.8 Å². The van der Waals surface area contributed by atoms with Crippen LogP contribution < -0.4 is 5.32 Å². The number of carbonyl (C=O) groups excluding carboxylic acids is 1. The van der Waals surface area contributed by atoms with E-state index in [1.54, 1.807) is 18.2 Å². The molecule has 4 heteroatoms. The summed E-state index contributed by atoms with van der Waals surface area (Å²) in [4.78, 5) is 12.3. The number of carbonyl (C=O) groups is 1. The number of nitrogens with one attached hydrogen (secondary N) is 1. The van der Waals surface area contributed by atoms with Crippen LogP contribution in [0.3, 0.4) is 0 Å². The van der Waals surface area contributed by atoms with Gasteiger partial charge in [-0.05, 0) is 48.8 Å². The predicted molar refractivity (Wildman–Crippen MR) is 88.5 cm³/mol. The third-order valence-electron chi connectivity index (χ3n) is 4.33. The first-order chi connectivity index (χ1) is 9.92. The van der Waals surface area contributed by atoms with Gasteiger partial charge in [0, 0.05) is 11.0 Å². The molecule has 116 valence electrons. The minimum atomic E-state index is -0.185. The average molecular weight is 354 g/mol. The summed E-state index contributed by atoms with van der Waals surface area (Å²) < 4.78 is 0.767. The Hall–Kier alpha value is -1.03. The number of phenolic OH excluding ortho intramolecular Hbond substituents is 1. The number of hydrogen-bond acceptors (Lipinski definition) is 2. The van der Waals surface area contributed by atoms with Gasteiger partial charge in [-0.2, -0.15) is 0 Å². The summed E-state index contributed by atoms with van der Waals surface area (Å²) in [5, 5.41) is 12.9. The summed E-state index contributed by atoms with van der Waals surface area (Å²) in [5.74, 6) is 0.474. The van der Waals surface area contributed by atoms with Crippen LogP contribution in [0.2, 0.25) is 0 Å². The molecule has 0 aliphatic heterocycles. The average Bonchev–Trinajstić information content (AvgIpc) is 2.84. The summed E-state index contributed by atoms with van der Waals surface area (Å²) in [5.41, 5.74) is 0.588. The summed E-state index contributed by atoms with van der Waals surface area (Å²) in [6, 6.07) is 4.97. The molecule has 0 aromatic heterocycles. The number of phenols is 1. The zero-order valence-electron chi connectivity index (χ0n) is 12.8. The molecule has 3 nitrogen and oxygen atoms in total. The smallest absolute Gasteiger partial charge is 0.255 e. The lowest BCUT2D eigenvalue weighted by molar-refractivity contribution is 0.0919. The molecule has 0 radical (unpaired) electrons. The molecule has 21 heavy (non-hydrogen) atoms. The molecule has 0 heterocycles. The van der Waals surface area contributed by atoms with Crippen molar-refractivity contribution in [3.63, 3.8) is 0 Å². The molecule has 1 aliphatic rings. The minimum absolute atomic E-state index is 0.0196. The van der Waals surface area contributed by atoms with E-state index in [-0.39, 0.29) is 17.1 Å². The lowest BCUT2D eigenvalue weighted by atomic mass is 9.78. The van der Waals surface area contributed by atoms with Crippen molar-refractivity contribution in [3.05, 3.63) is 28.2 Å². The number of amides is 1. The maximum atomic E-state index is 12.3. The van der Waals surface area contributed by atoms with Crippen molar-refractivity contribution in [2.24, 2.45) is 11.3 Å². The molecule has 0 unspecified atom stereocenters. The number of rotatable bonds is 5. The highest BCUT2D eigenvalue weighted by molar-refractivity contribution is 9.10. The molecule has 0 spiro atoms. The molecule has 1 fully saturated rings. The highest BCUT2D eigenvalue weighted by Crippen LogP contribution is 2.42. The first-order valence-electron chi connectivity index (χ1n) is 7.69. The van der Waals surface area contributed by atoms with Crippen LogP contribution in [0.15, 0.2) is 22.7 Å². The van der Waals surface area contributed by atoms with Crippen molar-refractivity contribution in [2.45, 2.75) is 46.0 Å². The quantitative estimate of drug-likeness (QED) is 0.818. The molecular weight excluding hydrogens is 330 g/mol. The second-order valence-corrected chi connectivity index (χ2v) is 7.56. The predicted octanol–water partition coefficient (Wildman–Crippen LogP) is 4.49. The van der Waals surface area contributed by atoms with E-state index in [9.17, 15) is 9.90 Å². The molecule has 1 aliphatic carbocycles. The molecule has 1 aromatic rings. The zero-order chi connectivity index (χ0) is 15.5. The van der Waals surface area contributed by atoms with E-state index in [1.165, 1.54) is 25.7 Å². The molecule has 2 rings (SSSR count). The van der Waals surface area contributed by atoms with Crippen molar-refractivity contribution < 1.29 is 9.90 Å². The fourth-order valence-corrected chi connectivity index (χ4v) is 3.85. The van der Waals surface area contributed by atoms with Gasteiger partial charge in [-0.3, -0.25) is 4.79 Å². The Kier molecular flexibility index (Phi) is 5.31. The van der Waals surface area contributed by atoms with Crippen LogP contribution in [0.5, 0.6) is 5.75 Å². The van der Waals surface area contributed by atoms with Crippen LogP contribution in [0.25, 0.3) is 0 Å². The molecule has 1 saturated carbocycles. The SMILES string of the molecule is CC(C)CC1(CNC(=O)c2ccc(Br)cc2O)CCCC1. The van der Waals surface area contributed by atoms with Crippen molar-refractivity contribution in [1.29, 1.82) is 0 Å². The maximum absolute atomic E-state index is 12.3. The van der Waals surface area contributed by atoms with E-state index in [1.807, 2.05) is 0 Å². The molecule has 0 atom stereocenters. The number of benzene rings is 1. The molecule has 0 bridgehead atoms. The van der Waals surface area contributed by atoms with Gasteiger partial charge in [-0.15, -0.1) is 0 Å². The van der Waals surface area contributed by atoms with E-state index < -0.39 is 0 Å².